The molecular weight excluding hydrogens is 426 g/mol. The molecule has 1 saturated heterocycles. The molecule has 1 aliphatic heterocycles. The molecule has 3 rings (SSSR count). The van der Waals surface area contributed by atoms with Gasteiger partial charge in [0, 0.05) is 30.0 Å². The van der Waals surface area contributed by atoms with Crippen molar-refractivity contribution >= 4 is 29.4 Å². The highest BCUT2D eigenvalue weighted by molar-refractivity contribution is 6.03. The van der Waals surface area contributed by atoms with Crippen LogP contribution in [0.4, 0.5) is 10.5 Å². The minimum Gasteiger partial charge on any atom is -0.461 e. The number of amides is 2. The van der Waals surface area contributed by atoms with Gasteiger partial charge in [-0.2, -0.15) is 0 Å². The Balaban J connectivity index is 1.49. The van der Waals surface area contributed by atoms with E-state index in [1.165, 1.54) is 0 Å². The zero-order valence-electron chi connectivity index (χ0n) is 19.1. The Morgan fingerprint density at radius 1 is 1.06 bits per heavy atom. The van der Waals surface area contributed by atoms with Gasteiger partial charge >= 0.3 is 18.0 Å². The minimum atomic E-state index is -0.530. The molecule has 1 aliphatic rings. The number of Topliss-reactive ketones (excluding diaryl/α,β-unsaturated/α-hetero) is 1. The van der Waals surface area contributed by atoms with Crippen LogP contribution in [0.3, 0.4) is 0 Å². The number of benzene rings is 1. The second-order valence-corrected chi connectivity index (χ2v) is 7.93. The maximum absolute atomic E-state index is 12.7. The quantitative estimate of drug-likeness (QED) is 0.488. The summed E-state index contributed by atoms with van der Waals surface area (Å²) in [5.41, 5.74) is 2.27. The number of para-hydroxylation sites is 1. The van der Waals surface area contributed by atoms with Crippen molar-refractivity contribution in [3.8, 4) is 0 Å². The molecule has 0 unspecified atom stereocenters. The van der Waals surface area contributed by atoms with Gasteiger partial charge in [0.05, 0.1) is 12.5 Å². The van der Waals surface area contributed by atoms with Crippen LogP contribution in [0, 0.1) is 19.8 Å². The third kappa shape index (κ3) is 5.79. The molecule has 0 saturated carbocycles. The van der Waals surface area contributed by atoms with Crippen LogP contribution in [0.15, 0.2) is 30.3 Å². The number of esters is 2. The van der Waals surface area contributed by atoms with Gasteiger partial charge in [-0.3, -0.25) is 9.59 Å². The van der Waals surface area contributed by atoms with Crippen LogP contribution in [-0.2, 0) is 14.3 Å². The minimum absolute atomic E-state index is 0.209. The van der Waals surface area contributed by atoms with Crippen LogP contribution in [0.2, 0.25) is 0 Å². The highest BCUT2D eigenvalue weighted by Crippen LogP contribution is 2.22. The van der Waals surface area contributed by atoms with E-state index in [0.717, 1.165) is 0 Å². The molecular formula is C24H29N3O6. The number of urea groups is 1. The van der Waals surface area contributed by atoms with Crippen molar-refractivity contribution < 1.29 is 28.7 Å². The average molecular weight is 456 g/mol. The Labute approximate surface area is 192 Å². The number of H-pyrrole nitrogens is 1. The molecule has 176 valence electrons. The fourth-order valence-electron chi connectivity index (χ4n) is 3.94. The maximum atomic E-state index is 12.7. The van der Waals surface area contributed by atoms with E-state index in [-0.39, 0.29) is 30.0 Å². The molecule has 0 aliphatic carbocycles. The van der Waals surface area contributed by atoms with Crippen LogP contribution in [0.25, 0.3) is 0 Å². The van der Waals surface area contributed by atoms with E-state index in [1.807, 2.05) is 30.3 Å². The Hall–Kier alpha value is -3.62. The SMILES string of the molecule is CCOC(=O)c1[nH]c(C)c(C(=O)COC(=O)C2CCN(C(=O)Nc3ccccc3)CC2)c1C. The number of ether oxygens (including phenoxy) is 2. The van der Waals surface area contributed by atoms with Crippen molar-refractivity contribution in [1.29, 1.82) is 0 Å². The Morgan fingerprint density at radius 2 is 1.73 bits per heavy atom. The first-order valence-electron chi connectivity index (χ1n) is 11.0. The number of rotatable bonds is 7. The van der Waals surface area contributed by atoms with Gasteiger partial charge in [0.1, 0.15) is 5.69 Å². The monoisotopic (exact) mass is 455 g/mol. The molecule has 0 bridgehead atoms. The topological polar surface area (TPSA) is 118 Å². The van der Waals surface area contributed by atoms with Crippen LogP contribution in [-0.4, -0.2) is 59.9 Å². The van der Waals surface area contributed by atoms with Gasteiger partial charge in [0.15, 0.2) is 6.61 Å². The lowest BCUT2D eigenvalue weighted by molar-refractivity contribution is -0.148. The third-order valence-electron chi connectivity index (χ3n) is 5.68. The van der Waals surface area contributed by atoms with E-state index in [9.17, 15) is 19.2 Å². The summed E-state index contributed by atoms with van der Waals surface area (Å²) in [6, 6.07) is 8.96. The predicted molar refractivity (Wildman–Crippen MR) is 121 cm³/mol. The number of aryl methyl sites for hydroxylation is 1. The zero-order chi connectivity index (χ0) is 24.0. The number of carbonyl (C=O) groups is 4. The van der Waals surface area contributed by atoms with E-state index in [4.69, 9.17) is 9.47 Å². The van der Waals surface area contributed by atoms with E-state index >= 15 is 0 Å². The highest BCUT2D eigenvalue weighted by atomic mass is 16.5. The summed E-state index contributed by atoms with van der Waals surface area (Å²) < 4.78 is 10.3. The van der Waals surface area contributed by atoms with Crippen molar-refractivity contribution in [3.63, 3.8) is 0 Å². The molecule has 0 radical (unpaired) electrons. The first-order chi connectivity index (χ1) is 15.8. The molecule has 9 nitrogen and oxygen atoms in total. The number of hydrogen-bond acceptors (Lipinski definition) is 6. The van der Waals surface area contributed by atoms with Gasteiger partial charge in [0.2, 0.25) is 5.78 Å². The number of ketones is 1. The summed E-state index contributed by atoms with van der Waals surface area (Å²) >= 11 is 0. The lowest BCUT2D eigenvalue weighted by Gasteiger charge is -2.30. The van der Waals surface area contributed by atoms with E-state index in [1.54, 1.807) is 25.7 Å². The van der Waals surface area contributed by atoms with Crippen molar-refractivity contribution in [1.82, 2.24) is 9.88 Å². The van der Waals surface area contributed by atoms with Gasteiger partial charge < -0.3 is 24.7 Å². The smallest absolute Gasteiger partial charge is 0.355 e. The lowest BCUT2D eigenvalue weighted by atomic mass is 9.97. The molecule has 0 atom stereocenters. The molecule has 0 spiro atoms. The molecule has 1 aromatic heterocycles. The molecule has 2 aromatic rings. The maximum Gasteiger partial charge on any atom is 0.355 e. The van der Waals surface area contributed by atoms with Crippen molar-refractivity contribution in [2.75, 3.05) is 31.6 Å². The summed E-state index contributed by atoms with van der Waals surface area (Å²) in [7, 11) is 0. The summed E-state index contributed by atoms with van der Waals surface area (Å²) in [5.74, 6) is -1.74. The van der Waals surface area contributed by atoms with E-state index in [2.05, 4.69) is 10.3 Å². The van der Waals surface area contributed by atoms with Crippen LogP contribution in [0.5, 0.6) is 0 Å². The highest BCUT2D eigenvalue weighted by Gasteiger charge is 2.30. The molecule has 1 fully saturated rings. The Morgan fingerprint density at radius 3 is 2.36 bits per heavy atom. The Bertz CT molecular complexity index is 1020. The molecule has 2 N–H and O–H groups in total. The van der Waals surface area contributed by atoms with Crippen LogP contribution >= 0.6 is 0 Å². The normalized spacial score (nSPS) is 14.0. The van der Waals surface area contributed by atoms with Gasteiger partial charge in [0.25, 0.3) is 0 Å². The lowest BCUT2D eigenvalue weighted by Crippen LogP contribution is -2.42. The van der Waals surface area contributed by atoms with Gasteiger partial charge in [-0.25, -0.2) is 9.59 Å². The zero-order valence-corrected chi connectivity index (χ0v) is 19.1. The van der Waals surface area contributed by atoms with Gasteiger partial charge in [-0.15, -0.1) is 0 Å². The first-order valence-corrected chi connectivity index (χ1v) is 11.0. The van der Waals surface area contributed by atoms with Crippen molar-refractivity contribution in [2.45, 2.75) is 33.6 Å². The number of aromatic amines is 1. The predicted octanol–water partition coefficient (Wildman–Crippen LogP) is 3.48. The molecule has 2 amide bonds. The number of anilines is 1. The number of likely N-dealkylation sites (tertiary alicyclic amines) is 1. The van der Waals surface area contributed by atoms with Crippen LogP contribution < -0.4 is 5.32 Å². The molecule has 2 heterocycles. The fraction of sp³-hybridized carbons (Fsp3) is 0.417. The number of carbonyl (C=O) groups excluding carboxylic acids is 4. The van der Waals surface area contributed by atoms with Gasteiger partial charge in [-0.1, -0.05) is 18.2 Å². The number of nitrogens with zero attached hydrogens (tertiary/aromatic N) is 1. The van der Waals surface area contributed by atoms with Crippen molar-refractivity contribution in [2.24, 2.45) is 5.92 Å². The molecule has 9 heteroatoms. The second-order valence-electron chi connectivity index (χ2n) is 7.93. The average Bonchev–Trinajstić information content (AvgIpc) is 3.12. The van der Waals surface area contributed by atoms with Crippen molar-refractivity contribution in [3.05, 3.63) is 52.8 Å². The first kappa shape index (κ1) is 24.0. The van der Waals surface area contributed by atoms with Gasteiger partial charge in [-0.05, 0) is 51.3 Å². The van der Waals surface area contributed by atoms with E-state index in [0.29, 0.717) is 48.4 Å². The standard InChI is InChI=1S/C24H29N3O6/c1-4-32-23(30)21-15(2)20(16(3)25-21)19(28)14-33-22(29)17-10-12-27(13-11-17)24(31)26-18-8-6-5-7-9-18/h5-9,17,25H,4,10-14H2,1-3H3,(H,26,31). The largest absolute Gasteiger partial charge is 0.461 e. The fourth-order valence-corrected chi connectivity index (χ4v) is 3.94. The summed E-state index contributed by atoms with van der Waals surface area (Å²) in [4.78, 5) is 54.1. The summed E-state index contributed by atoms with van der Waals surface area (Å²) in [5, 5.41) is 2.83. The van der Waals surface area contributed by atoms with Crippen LogP contribution in [0.1, 0.15) is 51.9 Å². The second kappa shape index (κ2) is 10.8. The summed E-state index contributed by atoms with van der Waals surface area (Å²) in [6.45, 7) is 5.70. The Kier molecular flexibility index (Phi) is 7.87. The number of piperidine rings is 1. The molecule has 1 aromatic carbocycles. The third-order valence-corrected chi connectivity index (χ3v) is 5.68. The summed E-state index contributed by atoms with van der Waals surface area (Å²) in [6.07, 6.45) is 0.925. The number of hydrogen-bond donors (Lipinski definition) is 2. The number of aromatic nitrogens is 1. The van der Waals surface area contributed by atoms with E-state index < -0.39 is 18.5 Å². The number of nitrogens with one attached hydrogen (secondary N) is 2. The molecule has 33 heavy (non-hydrogen) atoms.